The van der Waals surface area contributed by atoms with Gasteiger partial charge in [0.25, 0.3) is 0 Å². The smallest absolute Gasteiger partial charge is 0.306 e. The number of carboxylic acids is 1. The molecule has 1 N–H and O–H groups in total. The van der Waals surface area contributed by atoms with Crippen molar-refractivity contribution in [1.29, 1.82) is 0 Å². The monoisotopic (exact) mass is 501 g/mol. The van der Waals surface area contributed by atoms with E-state index in [1.165, 1.54) is 56.4 Å². The molecule has 1 fully saturated rings. The molecule has 0 amide bonds. The highest BCUT2D eigenvalue weighted by molar-refractivity contribution is 5.69. The van der Waals surface area contributed by atoms with Crippen LogP contribution in [-0.4, -0.2) is 42.2 Å². The minimum Gasteiger partial charge on any atom is -0.481 e. The van der Waals surface area contributed by atoms with Gasteiger partial charge in [-0.05, 0) is 80.1 Å². The molecule has 6 heteroatoms. The number of hydrogen-bond acceptors (Lipinski definition) is 3. The molecule has 0 aromatic heterocycles. The Bertz CT molecular complexity index is 850. The highest BCUT2D eigenvalue weighted by Gasteiger charge is 2.20. The molecule has 198 valence electrons. The van der Waals surface area contributed by atoms with Gasteiger partial charge >= 0.3 is 5.97 Å². The zero-order valence-electron chi connectivity index (χ0n) is 21.5. The first-order chi connectivity index (χ1) is 17.5. The number of nitrogens with zero attached hydrogens (tertiary/aromatic N) is 1. The third-order valence-corrected chi connectivity index (χ3v) is 7.50. The number of carboxylic acid groups (broad SMARTS) is 1. The number of rotatable bonds is 15. The Balaban J connectivity index is 1.34. The van der Waals surface area contributed by atoms with Gasteiger partial charge in [0.1, 0.15) is 17.7 Å². The molecule has 0 spiro atoms. The zero-order valence-corrected chi connectivity index (χ0v) is 21.5. The number of benzene rings is 2. The Morgan fingerprint density at radius 1 is 0.944 bits per heavy atom. The normalized spacial score (nSPS) is 15.9. The predicted octanol–water partition coefficient (Wildman–Crippen LogP) is 7.23. The van der Waals surface area contributed by atoms with E-state index in [1.54, 1.807) is 24.3 Å². The standard InChI is InChI=1S/C30H41F2NO3/c1-2-24(30(34)35)8-6-4-3-5-7-23-17-19-33(20-18-23)21-22-36-29(25-9-13-27(31)14-10-25)26-11-15-28(32)16-12-26/h9-16,23-24,29H,2-8,17-22H2,1H3,(H,34,35). The lowest BCUT2D eigenvalue weighted by Gasteiger charge is -2.32. The Labute approximate surface area is 214 Å². The van der Waals surface area contributed by atoms with Crippen molar-refractivity contribution in [3.05, 3.63) is 71.3 Å². The Morgan fingerprint density at radius 2 is 1.50 bits per heavy atom. The summed E-state index contributed by atoms with van der Waals surface area (Å²) < 4.78 is 33.1. The van der Waals surface area contributed by atoms with Gasteiger partial charge in [-0.1, -0.05) is 63.3 Å². The number of carbonyl (C=O) groups is 1. The van der Waals surface area contributed by atoms with Gasteiger partial charge in [-0.15, -0.1) is 0 Å². The minimum atomic E-state index is -0.656. The number of halogens is 2. The minimum absolute atomic E-state index is 0.181. The summed E-state index contributed by atoms with van der Waals surface area (Å²) in [6.45, 7) is 5.49. The molecule has 1 heterocycles. The molecule has 1 saturated heterocycles. The van der Waals surface area contributed by atoms with E-state index in [1.807, 2.05) is 6.92 Å². The second-order valence-electron chi connectivity index (χ2n) is 10.1. The van der Waals surface area contributed by atoms with Crippen molar-refractivity contribution >= 4 is 5.97 Å². The molecule has 0 saturated carbocycles. The van der Waals surface area contributed by atoms with E-state index in [-0.39, 0.29) is 23.7 Å². The van der Waals surface area contributed by atoms with Crippen LogP contribution in [0.2, 0.25) is 0 Å². The molecule has 1 aliphatic heterocycles. The fraction of sp³-hybridized carbons (Fsp3) is 0.567. The third-order valence-electron chi connectivity index (χ3n) is 7.50. The van der Waals surface area contributed by atoms with Crippen LogP contribution < -0.4 is 0 Å². The molecule has 1 atom stereocenters. The molecule has 0 bridgehead atoms. The van der Waals surface area contributed by atoms with Crippen molar-refractivity contribution in [1.82, 2.24) is 4.90 Å². The molecular weight excluding hydrogens is 460 g/mol. The van der Waals surface area contributed by atoms with E-state index >= 15 is 0 Å². The summed E-state index contributed by atoms with van der Waals surface area (Å²) in [7, 11) is 0. The molecule has 36 heavy (non-hydrogen) atoms. The predicted molar refractivity (Wildman–Crippen MR) is 139 cm³/mol. The molecule has 0 radical (unpaired) electrons. The summed E-state index contributed by atoms with van der Waals surface area (Å²) in [5, 5.41) is 9.13. The van der Waals surface area contributed by atoms with Crippen LogP contribution in [0.3, 0.4) is 0 Å². The number of unbranched alkanes of at least 4 members (excludes halogenated alkanes) is 3. The van der Waals surface area contributed by atoms with Gasteiger partial charge in [0.05, 0.1) is 12.5 Å². The van der Waals surface area contributed by atoms with Crippen LogP contribution in [0.5, 0.6) is 0 Å². The molecular formula is C30H41F2NO3. The molecule has 4 nitrogen and oxygen atoms in total. The molecule has 0 aliphatic carbocycles. The first-order valence-electron chi connectivity index (χ1n) is 13.5. The lowest BCUT2D eigenvalue weighted by atomic mass is 9.90. The van der Waals surface area contributed by atoms with E-state index < -0.39 is 5.97 Å². The first kappa shape index (κ1) is 28.3. The molecule has 2 aromatic carbocycles. The summed E-state index contributed by atoms with van der Waals surface area (Å²) in [5.41, 5.74) is 1.71. The van der Waals surface area contributed by atoms with Crippen molar-refractivity contribution in [2.45, 2.75) is 70.8 Å². The van der Waals surface area contributed by atoms with Gasteiger partial charge in [-0.25, -0.2) is 8.78 Å². The average molecular weight is 502 g/mol. The first-order valence-corrected chi connectivity index (χ1v) is 13.5. The van der Waals surface area contributed by atoms with Crippen LogP contribution in [0.15, 0.2) is 48.5 Å². The van der Waals surface area contributed by atoms with Crippen LogP contribution in [0.4, 0.5) is 8.78 Å². The summed E-state index contributed by atoms with van der Waals surface area (Å²) in [5.74, 6) is -0.641. The number of piperidine rings is 1. The highest BCUT2D eigenvalue weighted by Crippen LogP contribution is 2.27. The Morgan fingerprint density at radius 3 is 2.03 bits per heavy atom. The zero-order chi connectivity index (χ0) is 25.8. The summed E-state index contributed by atoms with van der Waals surface area (Å²) in [6.07, 6.45) is 9.40. The summed E-state index contributed by atoms with van der Waals surface area (Å²) in [6, 6.07) is 12.6. The number of likely N-dealkylation sites (tertiary alicyclic amines) is 1. The topological polar surface area (TPSA) is 49.8 Å². The van der Waals surface area contributed by atoms with E-state index in [2.05, 4.69) is 4.90 Å². The maximum absolute atomic E-state index is 13.4. The molecule has 1 unspecified atom stereocenters. The van der Waals surface area contributed by atoms with Crippen molar-refractivity contribution in [3.8, 4) is 0 Å². The fourth-order valence-corrected chi connectivity index (χ4v) is 5.14. The van der Waals surface area contributed by atoms with Gasteiger partial charge in [0, 0.05) is 6.54 Å². The van der Waals surface area contributed by atoms with Crippen LogP contribution >= 0.6 is 0 Å². The summed E-state index contributed by atoms with van der Waals surface area (Å²) in [4.78, 5) is 13.5. The summed E-state index contributed by atoms with van der Waals surface area (Å²) >= 11 is 0. The van der Waals surface area contributed by atoms with Crippen molar-refractivity contribution in [3.63, 3.8) is 0 Å². The van der Waals surface area contributed by atoms with Crippen LogP contribution in [0, 0.1) is 23.5 Å². The van der Waals surface area contributed by atoms with E-state index in [4.69, 9.17) is 9.84 Å². The van der Waals surface area contributed by atoms with Gasteiger partial charge < -0.3 is 14.7 Å². The maximum atomic E-state index is 13.4. The largest absolute Gasteiger partial charge is 0.481 e. The second-order valence-corrected chi connectivity index (χ2v) is 10.1. The number of ether oxygens (including phenoxy) is 1. The Kier molecular flexibility index (Phi) is 11.8. The Hall–Kier alpha value is -2.31. The maximum Gasteiger partial charge on any atom is 0.306 e. The second kappa shape index (κ2) is 15.1. The van der Waals surface area contributed by atoms with E-state index in [0.717, 1.165) is 62.4 Å². The number of aliphatic carboxylic acids is 1. The van der Waals surface area contributed by atoms with Gasteiger partial charge in [0.15, 0.2) is 0 Å². The van der Waals surface area contributed by atoms with Crippen molar-refractivity contribution < 1.29 is 23.4 Å². The number of hydrogen-bond donors (Lipinski definition) is 1. The lowest BCUT2D eigenvalue weighted by molar-refractivity contribution is -0.142. The van der Waals surface area contributed by atoms with Gasteiger partial charge in [0.2, 0.25) is 0 Å². The molecule has 3 rings (SSSR count). The SMILES string of the molecule is CCC(CCCCCCC1CCN(CCOC(c2ccc(F)cc2)c2ccc(F)cc2)CC1)C(=O)O. The lowest BCUT2D eigenvalue weighted by Crippen LogP contribution is -2.36. The molecule has 2 aromatic rings. The van der Waals surface area contributed by atoms with E-state index in [9.17, 15) is 13.6 Å². The van der Waals surface area contributed by atoms with Gasteiger partial charge in [-0.3, -0.25) is 4.79 Å². The highest BCUT2D eigenvalue weighted by atomic mass is 19.1. The van der Waals surface area contributed by atoms with Crippen LogP contribution in [0.1, 0.15) is 81.9 Å². The van der Waals surface area contributed by atoms with E-state index in [0.29, 0.717) is 6.61 Å². The van der Waals surface area contributed by atoms with Gasteiger partial charge in [-0.2, -0.15) is 0 Å². The molecule has 1 aliphatic rings. The van der Waals surface area contributed by atoms with Crippen molar-refractivity contribution in [2.75, 3.05) is 26.2 Å². The van der Waals surface area contributed by atoms with Crippen molar-refractivity contribution in [2.24, 2.45) is 11.8 Å². The quantitative estimate of drug-likeness (QED) is 0.262. The third kappa shape index (κ3) is 9.29. The van der Waals surface area contributed by atoms with Crippen LogP contribution in [0.25, 0.3) is 0 Å². The fourth-order valence-electron chi connectivity index (χ4n) is 5.14. The average Bonchev–Trinajstić information content (AvgIpc) is 2.88. The van der Waals surface area contributed by atoms with Crippen LogP contribution in [-0.2, 0) is 9.53 Å².